The highest BCUT2D eigenvalue weighted by molar-refractivity contribution is 5.92. The maximum absolute atomic E-state index is 13.3. The molecule has 6 nitrogen and oxygen atoms in total. The zero-order valence-corrected chi connectivity index (χ0v) is 18.7. The van der Waals surface area contributed by atoms with Crippen molar-refractivity contribution in [3.05, 3.63) is 72.4 Å². The summed E-state index contributed by atoms with van der Waals surface area (Å²) in [6.45, 7) is 6.67. The Morgan fingerprint density at radius 1 is 0.938 bits per heavy atom. The van der Waals surface area contributed by atoms with Gasteiger partial charge >= 0.3 is 0 Å². The molecule has 4 rings (SSSR count). The van der Waals surface area contributed by atoms with Crippen LogP contribution in [0.3, 0.4) is 0 Å². The highest BCUT2D eigenvalue weighted by atomic mass is 16.2. The lowest BCUT2D eigenvalue weighted by Gasteiger charge is -2.37. The van der Waals surface area contributed by atoms with Crippen LogP contribution in [0.15, 0.2) is 66.9 Å². The Labute approximate surface area is 189 Å². The monoisotopic (exact) mass is 430 g/mol. The lowest BCUT2D eigenvalue weighted by atomic mass is 9.99. The SMILES string of the molecule is CC(C)[C@@H](NC(=O)Cc1cccc2ccccc12)C(=O)N1CCN(c2ccccn2)CC1. The lowest BCUT2D eigenvalue weighted by Crippen LogP contribution is -2.56. The third-order valence-electron chi connectivity index (χ3n) is 6.04. The number of fused-ring (bicyclic) bond motifs is 1. The topological polar surface area (TPSA) is 65.5 Å². The van der Waals surface area contributed by atoms with Crippen molar-refractivity contribution in [2.24, 2.45) is 5.92 Å². The molecule has 166 valence electrons. The van der Waals surface area contributed by atoms with Crippen LogP contribution in [0.4, 0.5) is 5.82 Å². The summed E-state index contributed by atoms with van der Waals surface area (Å²) >= 11 is 0. The highest BCUT2D eigenvalue weighted by Crippen LogP contribution is 2.19. The molecule has 0 aliphatic carbocycles. The molecule has 1 atom stereocenters. The fraction of sp³-hybridized carbons (Fsp3) is 0.346. The number of rotatable bonds is 6. The molecule has 0 bridgehead atoms. The van der Waals surface area contributed by atoms with E-state index in [1.807, 2.05) is 79.4 Å². The first-order chi connectivity index (χ1) is 15.5. The maximum Gasteiger partial charge on any atom is 0.245 e. The highest BCUT2D eigenvalue weighted by Gasteiger charge is 2.31. The predicted molar refractivity (Wildman–Crippen MR) is 127 cm³/mol. The van der Waals surface area contributed by atoms with Gasteiger partial charge in [-0.05, 0) is 34.4 Å². The number of amides is 2. The van der Waals surface area contributed by atoms with Gasteiger partial charge in [-0.15, -0.1) is 0 Å². The van der Waals surface area contributed by atoms with Gasteiger partial charge in [0.05, 0.1) is 6.42 Å². The Kier molecular flexibility index (Phi) is 6.69. The molecule has 0 unspecified atom stereocenters. The Bertz CT molecular complexity index is 1070. The van der Waals surface area contributed by atoms with Crippen LogP contribution >= 0.6 is 0 Å². The zero-order valence-electron chi connectivity index (χ0n) is 18.7. The van der Waals surface area contributed by atoms with E-state index >= 15 is 0 Å². The third kappa shape index (κ3) is 4.90. The summed E-state index contributed by atoms with van der Waals surface area (Å²) in [6.07, 6.45) is 2.04. The number of piperazine rings is 1. The Balaban J connectivity index is 1.39. The second kappa shape index (κ2) is 9.81. The van der Waals surface area contributed by atoms with Crippen LogP contribution in [-0.4, -0.2) is 53.9 Å². The van der Waals surface area contributed by atoms with E-state index in [1.54, 1.807) is 6.20 Å². The van der Waals surface area contributed by atoms with Crippen molar-refractivity contribution in [3.63, 3.8) is 0 Å². The molecule has 1 saturated heterocycles. The molecule has 2 aromatic carbocycles. The van der Waals surface area contributed by atoms with Gasteiger partial charge in [-0.1, -0.05) is 62.4 Å². The van der Waals surface area contributed by atoms with Crippen molar-refractivity contribution in [1.29, 1.82) is 0 Å². The van der Waals surface area contributed by atoms with E-state index in [2.05, 4.69) is 15.2 Å². The number of carbonyl (C=O) groups is 2. The molecule has 0 spiro atoms. The molecule has 1 N–H and O–H groups in total. The van der Waals surface area contributed by atoms with E-state index in [9.17, 15) is 9.59 Å². The molecule has 1 aliphatic heterocycles. The Morgan fingerprint density at radius 2 is 1.66 bits per heavy atom. The number of pyridine rings is 1. The first-order valence-corrected chi connectivity index (χ1v) is 11.2. The number of carbonyl (C=O) groups excluding carboxylic acids is 2. The van der Waals surface area contributed by atoms with Crippen molar-refractivity contribution in [1.82, 2.24) is 15.2 Å². The molecule has 2 amide bonds. The minimum atomic E-state index is -0.529. The average molecular weight is 431 g/mol. The third-order valence-corrected chi connectivity index (χ3v) is 6.04. The van der Waals surface area contributed by atoms with Gasteiger partial charge in [-0.3, -0.25) is 9.59 Å². The lowest BCUT2D eigenvalue weighted by molar-refractivity contribution is -0.137. The van der Waals surface area contributed by atoms with Crippen LogP contribution < -0.4 is 10.2 Å². The van der Waals surface area contributed by atoms with Crippen molar-refractivity contribution >= 4 is 28.4 Å². The predicted octanol–water partition coefficient (Wildman–Crippen LogP) is 3.27. The minimum Gasteiger partial charge on any atom is -0.353 e. The summed E-state index contributed by atoms with van der Waals surface area (Å²) in [5, 5.41) is 5.20. The smallest absolute Gasteiger partial charge is 0.245 e. The van der Waals surface area contributed by atoms with E-state index < -0.39 is 6.04 Å². The van der Waals surface area contributed by atoms with Gasteiger partial charge in [0.15, 0.2) is 0 Å². The summed E-state index contributed by atoms with van der Waals surface area (Å²) in [5.41, 5.74) is 0.972. The standard InChI is InChI=1S/C26H30N4O2/c1-19(2)25(26(32)30-16-14-29(15-17-30)23-12-5-6-13-27-23)28-24(31)18-21-10-7-9-20-8-3-4-11-22(20)21/h3-13,19,25H,14-18H2,1-2H3,(H,28,31)/t25-/m1/s1. The first-order valence-electron chi connectivity index (χ1n) is 11.2. The van der Waals surface area contributed by atoms with E-state index in [-0.39, 0.29) is 24.2 Å². The van der Waals surface area contributed by atoms with Gasteiger partial charge in [0.25, 0.3) is 0 Å². The molecular formula is C26H30N4O2. The molecule has 0 radical (unpaired) electrons. The van der Waals surface area contributed by atoms with Crippen LogP contribution in [0.5, 0.6) is 0 Å². The summed E-state index contributed by atoms with van der Waals surface area (Å²) in [6, 6.07) is 19.4. The second-order valence-electron chi connectivity index (χ2n) is 8.60. The molecule has 1 aliphatic rings. The van der Waals surface area contributed by atoms with Crippen molar-refractivity contribution in [2.45, 2.75) is 26.3 Å². The first kappa shape index (κ1) is 21.8. The summed E-state index contributed by atoms with van der Waals surface area (Å²) in [5.74, 6) is 0.809. The van der Waals surface area contributed by atoms with Crippen LogP contribution in [0.2, 0.25) is 0 Å². The molecule has 0 saturated carbocycles. The summed E-state index contributed by atoms with van der Waals surface area (Å²) < 4.78 is 0. The van der Waals surface area contributed by atoms with E-state index in [1.165, 1.54) is 0 Å². The van der Waals surface area contributed by atoms with Crippen LogP contribution in [0.25, 0.3) is 10.8 Å². The fourth-order valence-electron chi connectivity index (χ4n) is 4.25. The molecule has 1 aromatic heterocycles. The van der Waals surface area contributed by atoms with Gasteiger partial charge in [-0.25, -0.2) is 4.98 Å². The number of anilines is 1. The summed E-state index contributed by atoms with van der Waals surface area (Å²) in [4.78, 5) is 34.6. The van der Waals surface area contributed by atoms with Gasteiger partial charge in [-0.2, -0.15) is 0 Å². The van der Waals surface area contributed by atoms with E-state index in [0.29, 0.717) is 13.1 Å². The molecule has 32 heavy (non-hydrogen) atoms. The van der Waals surface area contributed by atoms with Crippen molar-refractivity contribution < 1.29 is 9.59 Å². The van der Waals surface area contributed by atoms with Crippen LogP contribution in [0.1, 0.15) is 19.4 Å². The van der Waals surface area contributed by atoms with Crippen molar-refractivity contribution in [2.75, 3.05) is 31.1 Å². The molecule has 1 fully saturated rings. The number of nitrogens with zero attached hydrogens (tertiary/aromatic N) is 3. The van der Waals surface area contributed by atoms with Gasteiger partial charge in [0.1, 0.15) is 11.9 Å². The van der Waals surface area contributed by atoms with Gasteiger partial charge in [0.2, 0.25) is 11.8 Å². The average Bonchev–Trinajstić information content (AvgIpc) is 2.83. The number of benzene rings is 2. The Morgan fingerprint density at radius 3 is 2.38 bits per heavy atom. The van der Waals surface area contributed by atoms with E-state index in [4.69, 9.17) is 0 Å². The number of nitrogens with one attached hydrogen (secondary N) is 1. The molecular weight excluding hydrogens is 400 g/mol. The van der Waals surface area contributed by atoms with Crippen LogP contribution in [0, 0.1) is 5.92 Å². The Hall–Kier alpha value is -3.41. The number of hydrogen-bond donors (Lipinski definition) is 1. The zero-order chi connectivity index (χ0) is 22.5. The largest absolute Gasteiger partial charge is 0.353 e. The molecule has 2 heterocycles. The molecule has 3 aromatic rings. The maximum atomic E-state index is 13.3. The molecule has 6 heteroatoms. The van der Waals surface area contributed by atoms with Crippen LogP contribution in [-0.2, 0) is 16.0 Å². The van der Waals surface area contributed by atoms with Gasteiger partial charge < -0.3 is 15.1 Å². The summed E-state index contributed by atoms with van der Waals surface area (Å²) in [7, 11) is 0. The number of hydrogen-bond acceptors (Lipinski definition) is 4. The van der Waals surface area contributed by atoms with Gasteiger partial charge in [0, 0.05) is 32.4 Å². The van der Waals surface area contributed by atoms with Crippen molar-refractivity contribution in [3.8, 4) is 0 Å². The minimum absolute atomic E-state index is 0.00721. The quantitative estimate of drug-likeness (QED) is 0.652. The normalized spacial score (nSPS) is 15.1. The van der Waals surface area contributed by atoms with E-state index in [0.717, 1.165) is 35.2 Å². The number of aromatic nitrogens is 1. The fourth-order valence-corrected chi connectivity index (χ4v) is 4.25. The second-order valence-corrected chi connectivity index (χ2v) is 8.60.